The zero-order valence-corrected chi connectivity index (χ0v) is 10.2. The van der Waals surface area contributed by atoms with Gasteiger partial charge in [-0.3, -0.25) is 0 Å². The predicted molar refractivity (Wildman–Crippen MR) is 69.1 cm³/mol. The topological polar surface area (TPSA) is 48.1 Å². The molecule has 1 aromatic heterocycles. The van der Waals surface area contributed by atoms with Crippen LogP contribution in [0.4, 0.5) is 0 Å². The van der Waals surface area contributed by atoms with Gasteiger partial charge in [-0.1, -0.05) is 23.7 Å². The van der Waals surface area contributed by atoms with E-state index in [1.54, 1.807) is 7.11 Å². The highest BCUT2D eigenvalue weighted by Gasteiger charge is 2.05. The number of hydrogen-bond donors (Lipinski definition) is 1. The lowest BCUT2D eigenvalue weighted by atomic mass is 10.1. The summed E-state index contributed by atoms with van der Waals surface area (Å²) in [6.45, 7) is 0.451. The summed E-state index contributed by atoms with van der Waals surface area (Å²) in [5.74, 6) is 0.558. The number of ether oxygens (including phenoxy) is 1. The molecule has 0 spiro atoms. The molecule has 2 rings (SSSR count). The van der Waals surface area contributed by atoms with E-state index in [2.05, 4.69) is 4.98 Å². The monoisotopic (exact) mass is 248 g/mol. The Morgan fingerprint density at radius 3 is 2.76 bits per heavy atom. The molecular weight excluding hydrogens is 236 g/mol. The van der Waals surface area contributed by atoms with Crippen molar-refractivity contribution in [3.63, 3.8) is 0 Å². The minimum Gasteiger partial charge on any atom is -0.481 e. The number of benzene rings is 1. The summed E-state index contributed by atoms with van der Waals surface area (Å²) in [5, 5.41) is 0.682. The van der Waals surface area contributed by atoms with Crippen molar-refractivity contribution in [2.45, 2.75) is 6.54 Å². The molecule has 0 aliphatic heterocycles. The van der Waals surface area contributed by atoms with Crippen molar-refractivity contribution in [1.82, 2.24) is 4.98 Å². The first kappa shape index (κ1) is 11.9. The van der Waals surface area contributed by atoms with Gasteiger partial charge in [0, 0.05) is 23.2 Å². The summed E-state index contributed by atoms with van der Waals surface area (Å²) in [7, 11) is 1.59. The number of aromatic nitrogens is 1. The zero-order chi connectivity index (χ0) is 12.3. The van der Waals surface area contributed by atoms with Gasteiger partial charge < -0.3 is 10.5 Å². The largest absolute Gasteiger partial charge is 0.481 e. The summed E-state index contributed by atoms with van der Waals surface area (Å²) < 4.78 is 5.15. The minimum absolute atomic E-state index is 0.451. The quantitative estimate of drug-likeness (QED) is 0.909. The number of halogens is 1. The lowest BCUT2D eigenvalue weighted by Crippen LogP contribution is -1.99. The van der Waals surface area contributed by atoms with Crippen molar-refractivity contribution in [2.75, 3.05) is 7.11 Å². The fourth-order valence-corrected chi connectivity index (χ4v) is 1.77. The first-order chi connectivity index (χ1) is 8.22. The minimum atomic E-state index is 0.451. The van der Waals surface area contributed by atoms with Crippen molar-refractivity contribution >= 4 is 11.6 Å². The summed E-state index contributed by atoms with van der Waals surface area (Å²) in [6, 6.07) is 11.3. The number of pyridine rings is 1. The molecule has 4 heteroatoms. The number of hydrogen-bond acceptors (Lipinski definition) is 3. The second-order valence-corrected chi connectivity index (χ2v) is 4.05. The van der Waals surface area contributed by atoms with E-state index in [1.165, 1.54) is 0 Å². The Hall–Kier alpha value is -1.58. The molecule has 0 unspecified atom stereocenters. The summed E-state index contributed by atoms with van der Waals surface area (Å²) >= 11 is 5.96. The summed E-state index contributed by atoms with van der Waals surface area (Å²) in [4.78, 5) is 4.37. The molecule has 2 aromatic rings. The van der Waals surface area contributed by atoms with E-state index in [-0.39, 0.29) is 0 Å². The zero-order valence-electron chi connectivity index (χ0n) is 9.48. The van der Waals surface area contributed by atoms with E-state index in [0.29, 0.717) is 17.4 Å². The molecule has 17 heavy (non-hydrogen) atoms. The molecule has 0 bridgehead atoms. The highest BCUT2D eigenvalue weighted by Crippen LogP contribution is 2.24. The normalized spacial score (nSPS) is 10.3. The van der Waals surface area contributed by atoms with Crippen LogP contribution in [-0.2, 0) is 6.54 Å². The van der Waals surface area contributed by atoms with Gasteiger partial charge >= 0.3 is 0 Å². The number of rotatable bonds is 3. The van der Waals surface area contributed by atoms with Gasteiger partial charge in [0.25, 0.3) is 0 Å². The molecule has 0 aliphatic rings. The van der Waals surface area contributed by atoms with Crippen LogP contribution in [0.2, 0.25) is 5.02 Å². The molecule has 0 fully saturated rings. The third-order valence-corrected chi connectivity index (χ3v) is 2.66. The maximum atomic E-state index is 5.96. The fourth-order valence-electron chi connectivity index (χ4n) is 1.58. The van der Waals surface area contributed by atoms with E-state index < -0.39 is 0 Å². The van der Waals surface area contributed by atoms with E-state index in [9.17, 15) is 0 Å². The standard InChI is InChI=1S/C13H13ClN2O/c1-17-13-6-9(8-15)5-12(16-13)10-3-2-4-11(14)7-10/h2-7H,8,15H2,1H3. The second-order valence-electron chi connectivity index (χ2n) is 3.62. The predicted octanol–water partition coefficient (Wildman–Crippen LogP) is 2.87. The first-order valence-corrected chi connectivity index (χ1v) is 5.61. The van der Waals surface area contributed by atoms with Crippen molar-refractivity contribution in [2.24, 2.45) is 5.73 Å². The first-order valence-electron chi connectivity index (χ1n) is 5.24. The molecule has 0 aliphatic carbocycles. The van der Waals surface area contributed by atoms with Crippen LogP contribution in [0, 0.1) is 0 Å². The third kappa shape index (κ3) is 2.75. The van der Waals surface area contributed by atoms with Gasteiger partial charge in [-0.05, 0) is 23.8 Å². The van der Waals surface area contributed by atoms with Crippen molar-refractivity contribution in [3.05, 3.63) is 47.0 Å². The Morgan fingerprint density at radius 1 is 1.29 bits per heavy atom. The molecule has 0 atom stereocenters. The van der Waals surface area contributed by atoms with Crippen LogP contribution in [-0.4, -0.2) is 12.1 Å². The Balaban J connectivity index is 2.50. The molecule has 0 amide bonds. The lowest BCUT2D eigenvalue weighted by molar-refractivity contribution is 0.398. The molecule has 0 saturated carbocycles. The van der Waals surface area contributed by atoms with Gasteiger partial charge in [0.05, 0.1) is 12.8 Å². The highest BCUT2D eigenvalue weighted by molar-refractivity contribution is 6.30. The number of methoxy groups -OCH3 is 1. The summed E-state index contributed by atoms with van der Waals surface area (Å²) in [6.07, 6.45) is 0. The van der Waals surface area contributed by atoms with E-state index in [1.807, 2.05) is 36.4 Å². The van der Waals surface area contributed by atoms with Gasteiger partial charge in [-0.15, -0.1) is 0 Å². The second kappa shape index (κ2) is 5.17. The lowest BCUT2D eigenvalue weighted by Gasteiger charge is -2.07. The molecule has 0 saturated heterocycles. The van der Waals surface area contributed by atoms with Crippen LogP contribution < -0.4 is 10.5 Å². The van der Waals surface area contributed by atoms with Crippen LogP contribution >= 0.6 is 11.6 Å². The smallest absolute Gasteiger partial charge is 0.213 e. The van der Waals surface area contributed by atoms with Crippen LogP contribution in [0.5, 0.6) is 5.88 Å². The van der Waals surface area contributed by atoms with Crippen LogP contribution in [0.25, 0.3) is 11.3 Å². The van der Waals surface area contributed by atoms with Crippen molar-refractivity contribution in [3.8, 4) is 17.1 Å². The Kier molecular flexibility index (Phi) is 3.61. The average molecular weight is 249 g/mol. The van der Waals surface area contributed by atoms with Gasteiger partial charge in [0.2, 0.25) is 5.88 Å². The van der Waals surface area contributed by atoms with Gasteiger partial charge in [-0.2, -0.15) is 0 Å². The summed E-state index contributed by atoms with van der Waals surface area (Å²) in [5.41, 5.74) is 8.38. The van der Waals surface area contributed by atoms with E-state index in [4.69, 9.17) is 22.1 Å². The Morgan fingerprint density at radius 2 is 2.12 bits per heavy atom. The number of nitrogens with two attached hydrogens (primary N) is 1. The molecule has 1 aromatic carbocycles. The SMILES string of the molecule is COc1cc(CN)cc(-c2cccc(Cl)c2)n1. The molecule has 1 heterocycles. The molecule has 3 nitrogen and oxygen atoms in total. The van der Waals surface area contributed by atoms with Gasteiger partial charge in [0.15, 0.2) is 0 Å². The van der Waals surface area contributed by atoms with Crippen LogP contribution in [0.15, 0.2) is 36.4 Å². The van der Waals surface area contributed by atoms with Crippen molar-refractivity contribution in [1.29, 1.82) is 0 Å². The fraction of sp³-hybridized carbons (Fsp3) is 0.154. The molecule has 88 valence electrons. The molecule has 2 N–H and O–H groups in total. The highest BCUT2D eigenvalue weighted by atomic mass is 35.5. The Labute approximate surface area is 105 Å². The Bertz CT molecular complexity index is 506. The van der Waals surface area contributed by atoms with Crippen LogP contribution in [0.1, 0.15) is 5.56 Å². The maximum Gasteiger partial charge on any atom is 0.213 e. The molecule has 0 radical (unpaired) electrons. The van der Waals surface area contributed by atoms with E-state index in [0.717, 1.165) is 16.8 Å². The van der Waals surface area contributed by atoms with Crippen molar-refractivity contribution < 1.29 is 4.74 Å². The van der Waals surface area contributed by atoms with Gasteiger partial charge in [-0.25, -0.2) is 4.98 Å². The third-order valence-electron chi connectivity index (χ3n) is 2.43. The van der Waals surface area contributed by atoms with Gasteiger partial charge in [0.1, 0.15) is 0 Å². The average Bonchev–Trinajstić information content (AvgIpc) is 2.38. The molecular formula is C13H13ClN2O. The maximum absolute atomic E-state index is 5.96. The van der Waals surface area contributed by atoms with Crippen LogP contribution in [0.3, 0.4) is 0 Å². The van der Waals surface area contributed by atoms with E-state index >= 15 is 0 Å². The number of nitrogens with zero attached hydrogens (tertiary/aromatic N) is 1.